The van der Waals surface area contributed by atoms with E-state index in [0.29, 0.717) is 17.5 Å². The number of nitrogens with one attached hydrogen (secondary N) is 3. The lowest BCUT2D eigenvalue weighted by Gasteiger charge is -2.27. The molecular formula is C21H23N7O. The van der Waals surface area contributed by atoms with Gasteiger partial charge < -0.3 is 10.2 Å². The summed E-state index contributed by atoms with van der Waals surface area (Å²) in [5.41, 5.74) is 6.90. The lowest BCUT2D eigenvalue weighted by molar-refractivity contribution is 0.0962. The molecule has 3 aromatic rings. The molecule has 2 aromatic carbocycles. The fourth-order valence-electron chi connectivity index (χ4n) is 3.14. The first-order valence-electron chi connectivity index (χ1n) is 9.72. The maximum atomic E-state index is 12.3. The van der Waals surface area contributed by atoms with E-state index in [-0.39, 0.29) is 11.9 Å². The number of anilines is 4. The van der Waals surface area contributed by atoms with E-state index in [1.54, 1.807) is 12.1 Å². The van der Waals surface area contributed by atoms with Gasteiger partial charge in [-0.1, -0.05) is 36.4 Å². The molecule has 1 aliphatic rings. The zero-order chi connectivity index (χ0) is 19.9. The van der Waals surface area contributed by atoms with Gasteiger partial charge in [-0.25, -0.2) is 0 Å². The van der Waals surface area contributed by atoms with Crippen LogP contribution in [0.1, 0.15) is 29.6 Å². The Kier molecular flexibility index (Phi) is 5.80. The molecule has 4 rings (SSSR count). The normalized spacial score (nSPS) is 13.6. The topological polar surface area (TPSA) is 95.1 Å². The first kappa shape index (κ1) is 18.7. The van der Waals surface area contributed by atoms with E-state index in [4.69, 9.17) is 0 Å². The largest absolute Gasteiger partial charge is 0.341 e. The highest BCUT2D eigenvalue weighted by Crippen LogP contribution is 2.20. The van der Waals surface area contributed by atoms with Gasteiger partial charge in [0.15, 0.2) is 0 Å². The number of carbonyl (C=O) groups excluding carboxylic acids is 1. The number of hydrazine groups is 1. The quantitative estimate of drug-likeness (QED) is 0.556. The van der Waals surface area contributed by atoms with Crippen molar-refractivity contribution in [2.75, 3.05) is 28.7 Å². The summed E-state index contributed by atoms with van der Waals surface area (Å²) in [5, 5.41) is 3.20. The number of aromatic nitrogens is 3. The van der Waals surface area contributed by atoms with E-state index < -0.39 is 0 Å². The molecule has 1 fully saturated rings. The summed E-state index contributed by atoms with van der Waals surface area (Å²) >= 11 is 0. The average molecular weight is 389 g/mol. The predicted octanol–water partition coefficient (Wildman–Crippen LogP) is 3.36. The van der Waals surface area contributed by atoms with Crippen molar-refractivity contribution in [3.8, 4) is 0 Å². The highest BCUT2D eigenvalue weighted by Gasteiger charge is 2.17. The van der Waals surface area contributed by atoms with Crippen LogP contribution in [0.25, 0.3) is 0 Å². The standard InChI is InChI=1S/C21H23N7O/c29-18(16-10-4-1-5-11-16)26-27-20-23-19(22-17-12-6-2-7-13-17)24-21(25-20)28-14-8-3-9-15-28/h1-2,4-7,10-13H,3,8-9,14-15H2,(H,26,29)(H2,22,23,24,25,27). The number of carbonyl (C=O) groups is 1. The minimum atomic E-state index is -0.261. The lowest BCUT2D eigenvalue weighted by atomic mass is 10.1. The molecule has 148 valence electrons. The van der Waals surface area contributed by atoms with Gasteiger partial charge in [-0.2, -0.15) is 15.0 Å². The second kappa shape index (κ2) is 9.01. The molecule has 0 radical (unpaired) electrons. The molecule has 0 saturated carbocycles. The molecule has 8 heteroatoms. The minimum absolute atomic E-state index is 0.261. The number of para-hydroxylation sites is 1. The summed E-state index contributed by atoms with van der Waals surface area (Å²) in [6.07, 6.45) is 3.44. The summed E-state index contributed by atoms with van der Waals surface area (Å²) in [6, 6.07) is 18.7. The van der Waals surface area contributed by atoms with Gasteiger partial charge in [0.25, 0.3) is 5.91 Å². The summed E-state index contributed by atoms with van der Waals surface area (Å²) in [4.78, 5) is 27.9. The Balaban J connectivity index is 1.54. The summed E-state index contributed by atoms with van der Waals surface area (Å²) < 4.78 is 0. The smallest absolute Gasteiger partial charge is 0.269 e. The fourth-order valence-corrected chi connectivity index (χ4v) is 3.14. The van der Waals surface area contributed by atoms with Gasteiger partial charge in [-0.15, -0.1) is 0 Å². The van der Waals surface area contributed by atoms with Crippen molar-refractivity contribution in [1.29, 1.82) is 0 Å². The molecule has 1 amide bonds. The number of amides is 1. The fraction of sp³-hybridized carbons (Fsp3) is 0.238. The number of hydrogen-bond donors (Lipinski definition) is 3. The Bertz CT molecular complexity index is 944. The minimum Gasteiger partial charge on any atom is -0.341 e. The molecular weight excluding hydrogens is 366 g/mol. The van der Waals surface area contributed by atoms with Gasteiger partial charge in [-0.3, -0.25) is 15.6 Å². The zero-order valence-corrected chi connectivity index (χ0v) is 16.0. The molecule has 1 saturated heterocycles. The molecule has 0 spiro atoms. The maximum Gasteiger partial charge on any atom is 0.269 e. The van der Waals surface area contributed by atoms with Crippen LogP contribution < -0.4 is 21.1 Å². The van der Waals surface area contributed by atoms with Gasteiger partial charge in [0.05, 0.1) is 0 Å². The molecule has 2 heterocycles. The number of hydrogen-bond acceptors (Lipinski definition) is 7. The van der Waals surface area contributed by atoms with Crippen LogP contribution in [0.3, 0.4) is 0 Å². The van der Waals surface area contributed by atoms with Crippen LogP contribution in [0.15, 0.2) is 60.7 Å². The van der Waals surface area contributed by atoms with E-state index in [0.717, 1.165) is 31.6 Å². The molecule has 0 bridgehead atoms. The van der Waals surface area contributed by atoms with Crippen molar-refractivity contribution in [2.24, 2.45) is 0 Å². The third-order valence-electron chi connectivity index (χ3n) is 4.62. The van der Waals surface area contributed by atoms with E-state index in [1.807, 2.05) is 48.5 Å². The number of piperidine rings is 1. The third-order valence-corrected chi connectivity index (χ3v) is 4.62. The van der Waals surface area contributed by atoms with Gasteiger partial charge in [0.1, 0.15) is 0 Å². The first-order valence-corrected chi connectivity index (χ1v) is 9.72. The highest BCUT2D eigenvalue weighted by atomic mass is 16.2. The Labute approximate surface area is 169 Å². The Morgan fingerprint density at radius 2 is 1.45 bits per heavy atom. The number of benzene rings is 2. The van der Waals surface area contributed by atoms with Gasteiger partial charge >= 0.3 is 0 Å². The summed E-state index contributed by atoms with van der Waals surface area (Å²) in [5.74, 6) is 1.03. The Hall–Kier alpha value is -3.68. The Morgan fingerprint density at radius 1 is 0.793 bits per heavy atom. The highest BCUT2D eigenvalue weighted by molar-refractivity contribution is 5.94. The third kappa shape index (κ3) is 4.98. The first-order chi connectivity index (χ1) is 14.3. The lowest BCUT2D eigenvalue weighted by Crippen LogP contribution is -2.33. The van der Waals surface area contributed by atoms with E-state index >= 15 is 0 Å². The number of rotatable bonds is 6. The monoisotopic (exact) mass is 389 g/mol. The second-order valence-electron chi connectivity index (χ2n) is 6.77. The van der Waals surface area contributed by atoms with Crippen LogP contribution in [0, 0.1) is 0 Å². The molecule has 0 unspecified atom stereocenters. The van der Waals surface area contributed by atoms with Crippen LogP contribution in [0.5, 0.6) is 0 Å². The van der Waals surface area contributed by atoms with Gasteiger partial charge in [0, 0.05) is 24.3 Å². The molecule has 0 aliphatic carbocycles. The average Bonchev–Trinajstić information content (AvgIpc) is 2.79. The summed E-state index contributed by atoms with van der Waals surface area (Å²) in [6.45, 7) is 1.81. The van der Waals surface area contributed by atoms with Crippen molar-refractivity contribution in [1.82, 2.24) is 20.4 Å². The van der Waals surface area contributed by atoms with Crippen molar-refractivity contribution in [3.63, 3.8) is 0 Å². The van der Waals surface area contributed by atoms with E-state index in [2.05, 4.69) is 36.0 Å². The molecule has 1 aromatic heterocycles. The maximum absolute atomic E-state index is 12.3. The Morgan fingerprint density at radius 3 is 2.17 bits per heavy atom. The molecule has 3 N–H and O–H groups in total. The van der Waals surface area contributed by atoms with Gasteiger partial charge in [0.2, 0.25) is 17.8 Å². The van der Waals surface area contributed by atoms with Crippen molar-refractivity contribution < 1.29 is 4.79 Å². The SMILES string of the molecule is O=C(NNc1nc(Nc2ccccc2)nc(N2CCCCC2)n1)c1ccccc1. The van der Waals surface area contributed by atoms with E-state index in [1.165, 1.54) is 6.42 Å². The molecule has 29 heavy (non-hydrogen) atoms. The second-order valence-corrected chi connectivity index (χ2v) is 6.77. The van der Waals surface area contributed by atoms with E-state index in [9.17, 15) is 4.79 Å². The van der Waals surface area contributed by atoms with Crippen LogP contribution in [-0.4, -0.2) is 33.9 Å². The molecule has 8 nitrogen and oxygen atoms in total. The molecule has 0 atom stereocenters. The molecule has 1 aliphatic heterocycles. The van der Waals surface area contributed by atoms with Crippen LogP contribution >= 0.6 is 0 Å². The van der Waals surface area contributed by atoms with Crippen molar-refractivity contribution in [3.05, 3.63) is 66.2 Å². The van der Waals surface area contributed by atoms with Crippen LogP contribution in [-0.2, 0) is 0 Å². The predicted molar refractivity (Wildman–Crippen MR) is 113 cm³/mol. The zero-order valence-electron chi connectivity index (χ0n) is 16.0. The van der Waals surface area contributed by atoms with Crippen molar-refractivity contribution >= 4 is 29.4 Å². The number of nitrogens with zero attached hydrogens (tertiary/aromatic N) is 4. The van der Waals surface area contributed by atoms with Crippen molar-refractivity contribution in [2.45, 2.75) is 19.3 Å². The summed E-state index contributed by atoms with van der Waals surface area (Å²) in [7, 11) is 0. The van der Waals surface area contributed by atoms with Crippen LogP contribution in [0.2, 0.25) is 0 Å². The van der Waals surface area contributed by atoms with Crippen LogP contribution in [0.4, 0.5) is 23.5 Å². The van der Waals surface area contributed by atoms with Gasteiger partial charge in [-0.05, 0) is 43.5 Å².